The molecule has 0 bridgehead atoms. The normalized spacial score (nSPS) is 16.7. The molecule has 0 aliphatic carbocycles. The number of nitrogens with one attached hydrogen (secondary N) is 1. The second kappa shape index (κ2) is 7.88. The average Bonchev–Trinajstić information content (AvgIpc) is 3.00. The van der Waals surface area contributed by atoms with Gasteiger partial charge in [-0.25, -0.2) is 16.8 Å². The van der Waals surface area contributed by atoms with Crippen LogP contribution in [-0.4, -0.2) is 51.5 Å². The number of carbonyl (C=O) groups excluding carboxylic acids is 1. The molecule has 9 nitrogen and oxygen atoms in total. The number of aromatic nitrogens is 1. The van der Waals surface area contributed by atoms with Gasteiger partial charge in [-0.3, -0.25) is 4.79 Å². The van der Waals surface area contributed by atoms with E-state index in [4.69, 9.17) is 4.52 Å². The number of sulfone groups is 1. The highest BCUT2D eigenvalue weighted by molar-refractivity contribution is 7.90. The van der Waals surface area contributed by atoms with Gasteiger partial charge in [0.25, 0.3) is 0 Å². The molecule has 1 amide bonds. The molecule has 0 unspecified atom stereocenters. The zero-order valence-corrected chi connectivity index (χ0v) is 18.0. The lowest BCUT2D eigenvalue weighted by Crippen LogP contribution is -2.41. The van der Waals surface area contributed by atoms with Gasteiger partial charge in [-0.2, -0.15) is 4.31 Å². The first-order chi connectivity index (χ1) is 13.5. The zero-order chi connectivity index (χ0) is 21.4. The molecule has 1 fully saturated rings. The van der Waals surface area contributed by atoms with Crippen molar-refractivity contribution < 1.29 is 26.2 Å². The van der Waals surface area contributed by atoms with Crippen molar-refractivity contribution in [1.82, 2.24) is 9.46 Å². The standard InChI is InChI=1S/C18H23N3O6S2/c1-12-17(13(2)27-20-12)29(25,26)21-10-8-14(9-11-21)18(22)19-15-4-6-16(7-5-15)28(3,23)24/h4-7,14H,8-11H2,1-3H3,(H,19,22). The number of benzene rings is 1. The third-order valence-corrected chi connectivity index (χ3v) is 8.21. The number of rotatable bonds is 5. The number of carbonyl (C=O) groups is 1. The fourth-order valence-electron chi connectivity index (χ4n) is 3.36. The van der Waals surface area contributed by atoms with Crippen LogP contribution >= 0.6 is 0 Å². The first-order valence-electron chi connectivity index (χ1n) is 9.04. The number of piperidine rings is 1. The molecule has 29 heavy (non-hydrogen) atoms. The Bertz CT molecular complexity index is 1090. The molecule has 0 spiro atoms. The van der Waals surface area contributed by atoms with Crippen LogP contribution in [0.25, 0.3) is 0 Å². The number of sulfonamides is 1. The summed E-state index contributed by atoms with van der Waals surface area (Å²) in [6.45, 7) is 3.58. The molecular formula is C18H23N3O6S2. The minimum Gasteiger partial charge on any atom is -0.360 e. The molecule has 2 aromatic rings. The highest BCUT2D eigenvalue weighted by Gasteiger charge is 2.35. The molecule has 0 atom stereocenters. The molecule has 3 rings (SSSR count). The van der Waals surface area contributed by atoms with Gasteiger partial charge in [-0.15, -0.1) is 0 Å². The minimum absolute atomic E-state index is 0.0892. The minimum atomic E-state index is -3.72. The molecule has 0 saturated carbocycles. The first kappa shape index (κ1) is 21.5. The van der Waals surface area contributed by atoms with E-state index < -0.39 is 19.9 Å². The van der Waals surface area contributed by atoms with Crippen molar-refractivity contribution in [2.75, 3.05) is 24.7 Å². The van der Waals surface area contributed by atoms with Gasteiger partial charge in [-0.1, -0.05) is 5.16 Å². The summed E-state index contributed by atoms with van der Waals surface area (Å²) in [7, 11) is -7.02. The van der Waals surface area contributed by atoms with Crippen LogP contribution < -0.4 is 5.32 Å². The van der Waals surface area contributed by atoms with Crippen LogP contribution in [0.1, 0.15) is 24.3 Å². The van der Waals surface area contributed by atoms with E-state index in [-0.39, 0.29) is 40.5 Å². The first-order valence-corrected chi connectivity index (χ1v) is 12.4. The molecule has 1 aliphatic rings. The van der Waals surface area contributed by atoms with Crippen molar-refractivity contribution in [3.63, 3.8) is 0 Å². The van der Waals surface area contributed by atoms with Gasteiger partial charge < -0.3 is 9.84 Å². The Labute approximate surface area is 170 Å². The van der Waals surface area contributed by atoms with E-state index in [2.05, 4.69) is 10.5 Å². The topological polar surface area (TPSA) is 127 Å². The molecule has 1 N–H and O–H groups in total. The predicted octanol–water partition coefficient (Wildman–Crippen LogP) is 1.73. The summed E-state index contributed by atoms with van der Waals surface area (Å²) >= 11 is 0. The van der Waals surface area contributed by atoms with E-state index in [0.29, 0.717) is 24.2 Å². The Morgan fingerprint density at radius 3 is 2.17 bits per heavy atom. The molecule has 1 saturated heterocycles. The summed E-state index contributed by atoms with van der Waals surface area (Å²) in [6, 6.07) is 5.93. The second-order valence-electron chi connectivity index (χ2n) is 7.12. The predicted molar refractivity (Wildman–Crippen MR) is 106 cm³/mol. The summed E-state index contributed by atoms with van der Waals surface area (Å²) in [5, 5.41) is 6.47. The highest BCUT2D eigenvalue weighted by atomic mass is 32.2. The molecule has 1 aliphatic heterocycles. The summed E-state index contributed by atoms with van der Waals surface area (Å²) in [6.07, 6.45) is 1.89. The maximum Gasteiger partial charge on any atom is 0.248 e. The van der Waals surface area contributed by atoms with E-state index in [1.165, 1.54) is 28.6 Å². The number of aryl methyl sites for hydroxylation is 2. The molecule has 2 heterocycles. The maximum atomic E-state index is 12.8. The van der Waals surface area contributed by atoms with Crippen molar-refractivity contribution in [2.45, 2.75) is 36.5 Å². The molecular weight excluding hydrogens is 418 g/mol. The van der Waals surface area contributed by atoms with E-state index in [1.807, 2.05) is 0 Å². The van der Waals surface area contributed by atoms with Crippen LogP contribution in [0.15, 0.2) is 38.6 Å². The quantitative estimate of drug-likeness (QED) is 0.749. The lowest BCUT2D eigenvalue weighted by atomic mass is 9.97. The summed E-state index contributed by atoms with van der Waals surface area (Å²) in [5.74, 6) is -0.299. The Morgan fingerprint density at radius 1 is 1.10 bits per heavy atom. The van der Waals surface area contributed by atoms with Crippen molar-refractivity contribution in [3.8, 4) is 0 Å². The number of amides is 1. The van der Waals surface area contributed by atoms with E-state index in [9.17, 15) is 21.6 Å². The third kappa shape index (κ3) is 4.51. The van der Waals surface area contributed by atoms with Crippen molar-refractivity contribution in [3.05, 3.63) is 35.7 Å². The maximum absolute atomic E-state index is 12.8. The molecule has 158 valence electrons. The molecule has 0 radical (unpaired) electrons. The molecule has 11 heteroatoms. The van der Waals surface area contributed by atoms with Crippen LogP contribution in [0.2, 0.25) is 0 Å². The second-order valence-corrected chi connectivity index (χ2v) is 11.0. The Morgan fingerprint density at radius 2 is 1.69 bits per heavy atom. The number of nitrogens with zero attached hydrogens (tertiary/aromatic N) is 2. The fourth-order valence-corrected chi connectivity index (χ4v) is 5.75. The van der Waals surface area contributed by atoms with Crippen LogP contribution in [0.3, 0.4) is 0 Å². The largest absolute Gasteiger partial charge is 0.360 e. The van der Waals surface area contributed by atoms with Gasteiger partial charge in [0.15, 0.2) is 15.6 Å². The van der Waals surface area contributed by atoms with Crippen LogP contribution in [0.4, 0.5) is 5.69 Å². The summed E-state index contributed by atoms with van der Waals surface area (Å²) in [5.41, 5.74) is 0.813. The van der Waals surface area contributed by atoms with Gasteiger partial charge in [0.05, 0.1) is 4.90 Å². The third-order valence-electron chi connectivity index (χ3n) is 4.94. The van der Waals surface area contributed by atoms with Gasteiger partial charge >= 0.3 is 0 Å². The monoisotopic (exact) mass is 441 g/mol. The van der Waals surface area contributed by atoms with Crippen molar-refractivity contribution in [1.29, 1.82) is 0 Å². The summed E-state index contributed by atoms with van der Waals surface area (Å²) in [4.78, 5) is 12.8. The van der Waals surface area contributed by atoms with Gasteiger partial charge in [-0.05, 0) is 51.0 Å². The van der Waals surface area contributed by atoms with Crippen molar-refractivity contribution in [2.24, 2.45) is 5.92 Å². The number of hydrogen-bond acceptors (Lipinski definition) is 7. The fraction of sp³-hybridized carbons (Fsp3) is 0.444. The summed E-state index contributed by atoms with van der Waals surface area (Å²) < 4.78 is 55.0. The van der Waals surface area contributed by atoms with E-state index >= 15 is 0 Å². The number of anilines is 1. The lowest BCUT2D eigenvalue weighted by molar-refractivity contribution is -0.120. The van der Waals surface area contributed by atoms with Gasteiger partial charge in [0.1, 0.15) is 10.6 Å². The Kier molecular flexibility index (Phi) is 5.84. The lowest BCUT2D eigenvalue weighted by Gasteiger charge is -2.30. The van der Waals surface area contributed by atoms with Gasteiger partial charge in [0.2, 0.25) is 15.9 Å². The molecule has 1 aromatic heterocycles. The number of hydrogen-bond donors (Lipinski definition) is 1. The van der Waals surface area contributed by atoms with Crippen LogP contribution in [0, 0.1) is 19.8 Å². The molecule has 1 aromatic carbocycles. The SMILES string of the molecule is Cc1noc(C)c1S(=O)(=O)N1CCC(C(=O)Nc2ccc(S(C)(=O)=O)cc2)CC1. The van der Waals surface area contributed by atoms with Crippen LogP contribution in [0.5, 0.6) is 0 Å². The van der Waals surface area contributed by atoms with E-state index in [1.54, 1.807) is 13.8 Å². The average molecular weight is 442 g/mol. The van der Waals surface area contributed by atoms with Gasteiger partial charge in [0, 0.05) is 31.0 Å². The van der Waals surface area contributed by atoms with Crippen LogP contribution in [-0.2, 0) is 24.7 Å². The van der Waals surface area contributed by atoms with Crippen molar-refractivity contribution >= 4 is 31.5 Å². The highest BCUT2D eigenvalue weighted by Crippen LogP contribution is 2.28. The van der Waals surface area contributed by atoms with E-state index in [0.717, 1.165) is 6.26 Å². The Balaban J connectivity index is 1.62. The Hall–Kier alpha value is -2.24. The smallest absolute Gasteiger partial charge is 0.248 e. The zero-order valence-electron chi connectivity index (χ0n) is 16.4.